The Hall–Kier alpha value is -1.78. The van der Waals surface area contributed by atoms with Gasteiger partial charge in [0, 0.05) is 16.0 Å². The van der Waals surface area contributed by atoms with E-state index in [2.05, 4.69) is 29.9 Å². The summed E-state index contributed by atoms with van der Waals surface area (Å²) in [4.78, 5) is 8.13. The molecule has 0 atom stereocenters. The first-order valence-electron chi connectivity index (χ1n) is 6.64. The van der Waals surface area contributed by atoms with Crippen molar-refractivity contribution in [1.82, 2.24) is 9.97 Å². The molecule has 0 unspecified atom stereocenters. The molecule has 0 saturated carbocycles. The number of nitrogen functional groups attached to an aromatic ring is 2. The van der Waals surface area contributed by atoms with Crippen LogP contribution in [-0.4, -0.2) is 9.97 Å². The molecule has 0 fully saturated rings. The largest absolute Gasteiger partial charge is 0.383 e. The van der Waals surface area contributed by atoms with Crippen LogP contribution in [0.2, 0.25) is 5.02 Å². The number of anilines is 2. The van der Waals surface area contributed by atoms with Crippen molar-refractivity contribution in [2.75, 3.05) is 11.5 Å². The Morgan fingerprint density at radius 3 is 2.23 bits per heavy atom. The Labute approximate surface area is 142 Å². The van der Waals surface area contributed by atoms with Crippen molar-refractivity contribution in [1.29, 1.82) is 0 Å². The van der Waals surface area contributed by atoms with Gasteiger partial charge < -0.3 is 11.5 Å². The summed E-state index contributed by atoms with van der Waals surface area (Å²) < 4.78 is 0. The number of hydrogen-bond donors (Lipinski definition) is 2. The van der Waals surface area contributed by atoms with Crippen molar-refractivity contribution in [2.24, 2.45) is 0 Å². The van der Waals surface area contributed by atoms with E-state index in [-0.39, 0.29) is 23.8 Å². The molecule has 1 heterocycles. The van der Waals surface area contributed by atoms with Gasteiger partial charge in [0.2, 0.25) is 5.95 Å². The van der Waals surface area contributed by atoms with E-state index >= 15 is 0 Å². The van der Waals surface area contributed by atoms with Crippen molar-refractivity contribution in [3.8, 4) is 0 Å². The van der Waals surface area contributed by atoms with Gasteiger partial charge in [-0.05, 0) is 24.6 Å². The summed E-state index contributed by atoms with van der Waals surface area (Å²) in [5, 5.41) is 0.727. The van der Waals surface area contributed by atoms with E-state index in [1.165, 1.54) is 0 Å². The maximum atomic E-state index is 5.93. The smallest absolute Gasteiger partial charge is 0.222 e. The summed E-state index contributed by atoms with van der Waals surface area (Å²) in [5.41, 5.74) is 14.1. The third-order valence-electron chi connectivity index (χ3n) is 3.44. The second-order valence-electron chi connectivity index (χ2n) is 5.53. The van der Waals surface area contributed by atoms with Gasteiger partial charge >= 0.3 is 0 Å². The molecule has 6 heteroatoms. The molecule has 0 spiro atoms. The quantitative estimate of drug-likeness (QED) is 0.885. The lowest BCUT2D eigenvalue weighted by Gasteiger charge is -2.21. The zero-order valence-corrected chi connectivity index (χ0v) is 14.4. The molecule has 0 aliphatic carbocycles. The van der Waals surface area contributed by atoms with E-state index < -0.39 is 0 Å². The fourth-order valence-electron chi connectivity index (χ4n) is 2.10. The lowest BCUT2D eigenvalue weighted by atomic mass is 9.84. The molecule has 0 bridgehead atoms. The molecular weight excluding hydrogens is 319 g/mol. The molecule has 1 aromatic carbocycles. The van der Waals surface area contributed by atoms with Crippen LogP contribution in [0.25, 0.3) is 6.08 Å². The third-order valence-corrected chi connectivity index (χ3v) is 3.69. The molecule has 4 N–H and O–H groups in total. The average molecular weight is 339 g/mol. The summed E-state index contributed by atoms with van der Waals surface area (Å²) in [6, 6.07) is 7.81. The summed E-state index contributed by atoms with van der Waals surface area (Å²) in [5.74, 6) is 0.585. The molecule has 0 aliphatic rings. The van der Waals surface area contributed by atoms with Gasteiger partial charge in [0.15, 0.2) is 0 Å². The molecule has 2 rings (SSSR count). The maximum Gasteiger partial charge on any atom is 0.222 e. The van der Waals surface area contributed by atoms with Gasteiger partial charge in [0.05, 0.1) is 5.69 Å². The van der Waals surface area contributed by atoms with Gasteiger partial charge in [-0.15, -0.1) is 12.4 Å². The fourth-order valence-corrected chi connectivity index (χ4v) is 2.23. The Morgan fingerprint density at radius 2 is 1.68 bits per heavy atom. The number of hydrogen-bond acceptors (Lipinski definition) is 4. The SMILES string of the molecule is Cc1nc(N)nc(N)c1/C=C/C(C)(C)c1ccc(Cl)cc1.Cl. The first-order valence-corrected chi connectivity index (χ1v) is 7.02. The van der Waals surface area contributed by atoms with Crippen LogP contribution in [0, 0.1) is 6.92 Å². The number of aromatic nitrogens is 2. The van der Waals surface area contributed by atoms with Crippen molar-refractivity contribution in [3.63, 3.8) is 0 Å². The minimum absolute atomic E-state index is 0. The second-order valence-corrected chi connectivity index (χ2v) is 5.96. The van der Waals surface area contributed by atoms with Crippen LogP contribution in [0.4, 0.5) is 11.8 Å². The first-order chi connectivity index (χ1) is 9.79. The zero-order chi connectivity index (χ0) is 15.6. The normalized spacial score (nSPS) is 11.5. The maximum absolute atomic E-state index is 5.93. The van der Waals surface area contributed by atoms with Crippen LogP contribution in [0.1, 0.15) is 30.7 Å². The lowest BCUT2D eigenvalue weighted by molar-refractivity contribution is 0.673. The van der Waals surface area contributed by atoms with E-state index in [1.54, 1.807) is 0 Å². The highest BCUT2D eigenvalue weighted by molar-refractivity contribution is 6.30. The monoisotopic (exact) mass is 338 g/mol. The Balaban J connectivity index is 0.00000242. The average Bonchev–Trinajstić information content (AvgIpc) is 2.37. The van der Waals surface area contributed by atoms with Gasteiger partial charge in [0.1, 0.15) is 5.82 Å². The Morgan fingerprint density at radius 1 is 1.09 bits per heavy atom. The topological polar surface area (TPSA) is 77.8 Å². The Kier molecular flexibility index (Phi) is 5.80. The van der Waals surface area contributed by atoms with E-state index in [9.17, 15) is 0 Å². The lowest BCUT2D eigenvalue weighted by Crippen LogP contribution is -2.13. The number of benzene rings is 1. The van der Waals surface area contributed by atoms with E-state index in [1.807, 2.05) is 37.3 Å². The highest BCUT2D eigenvalue weighted by Crippen LogP contribution is 2.28. The summed E-state index contributed by atoms with van der Waals surface area (Å²) in [6.07, 6.45) is 4.02. The van der Waals surface area contributed by atoms with Gasteiger partial charge in [-0.2, -0.15) is 4.98 Å². The molecular formula is C16H20Cl2N4. The van der Waals surface area contributed by atoms with Crippen LogP contribution >= 0.6 is 24.0 Å². The molecule has 118 valence electrons. The Bertz CT molecular complexity index is 656. The molecule has 4 nitrogen and oxygen atoms in total. The molecule has 0 radical (unpaired) electrons. The molecule has 2 aromatic rings. The van der Waals surface area contributed by atoms with E-state index in [0.29, 0.717) is 5.82 Å². The van der Waals surface area contributed by atoms with Crippen LogP contribution in [0.15, 0.2) is 30.3 Å². The van der Waals surface area contributed by atoms with Crippen molar-refractivity contribution < 1.29 is 0 Å². The zero-order valence-electron chi connectivity index (χ0n) is 12.8. The van der Waals surface area contributed by atoms with Crippen molar-refractivity contribution >= 4 is 41.9 Å². The molecule has 0 saturated heterocycles. The van der Waals surface area contributed by atoms with Crippen LogP contribution in [0.3, 0.4) is 0 Å². The van der Waals surface area contributed by atoms with Crippen molar-refractivity contribution in [3.05, 3.63) is 52.2 Å². The number of allylic oxidation sites excluding steroid dienone is 1. The molecule has 22 heavy (non-hydrogen) atoms. The number of nitrogens with zero attached hydrogens (tertiary/aromatic N) is 2. The van der Waals surface area contributed by atoms with Gasteiger partial charge in [0.25, 0.3) is 0 Å². The summed E-state index contributed by atoms with van der Waals surface area (Å²) in [7, 11) is 0. The standard InChI is InChI=1S/C16H19ClN4.ClH/c1-10-13(14(18)21-15(19)20-10)8-9-16(2,3)11-4-6-12(17)7-5-11;/h4-9H,1-3H3,(H4,18,19,20,21);1H/b9-8+;. The van der Waals surface area contributed by atoms with E-state index in [0.717, 1.165) is 21.8 Å². The summed E-state index contributed by atoms with van der Waals surface area (Å²) >= 11 is 5.93. The fraction of sp³-hybridized carbons (Fsp3) is 0.250. The van der Waals surface area contributed by atoms with Gasteiger partial charge in [-0.25, -0.2) is 4.98 Å². The van der Waals surface area contributed by atoms with Crippen LogP contribution in [-0.2, 0) is 5.41 Å². The minimum atomic E-state index is -0.162. The van der Waals surface area contributed by atoms with Crippen LogP contribution in [0.5, 0.6) is 0 Å². The molecule has 0 aliphatic heterocycles. The number of rotatable bonds is 3. The number of halogens is 2. The number of aryl methyl sites for hydroxylation is 1. The minimum Gasteiger partial charge on any atom is -0.383 e. The number of nitrogens with two attached hydrogens (primary N) is 2. The molecule has 1 aromatic heterocycles. The van der Waals surface area contributed by atoms with Gasteiger partial charge in [-0.1, -0.05) is 49.7 Å². The first kappa shape index (κ1) is 18.3. The third kappa shape index (κ3) is 4.12. The predicted molar refractivity (Wildman–Crippen MR) is 96.4 cm³/mol. The predicted octanol–water partition coefficient (Wildman–Crippen LogP) is 4.02. The van der Waals surface area contributed by atoms with Gasteiger partial charge in [-0.3, -0.25) is 0 Å². The van der Waals surface area contributed by atoms with E-state index in [4.69, 9.17) is 23.1 Å². The highest BCUT2D eigenvalue weighted by atomic mass is 35.5. The summed E-state index contributed by atoms with van der Waals surface area (Å²) in [6.45, 7) is 6.11. The van der Waals surface area contributed by atoms with Crippen LogP contribution < -0.4 is 11.5 Å². The molecule has 0 amide bonds. The van der Waals surface area contributed by atoms with Crippen molar-refractivity contribution in [2.45, 2.75) is 26.2 Å². The highest BCUT2D eigenvalue weighted by Gasteiger charge is 2.17. The second kappa shape index (κ2) is 6.99.